The molecule has 1 N–H and O–H groups in total. The highest BCUT2D eigenvalue weighted by Gasteiger charge is 2.21. The molecule has 0 aliphatic heterocycles. The predicted molar refractivity (Wildman–Crippen MR) is 56.0 cm³/mol. The van der Waals surface area contributed by atoms with Crippen LogP contribution in [0.3, 0.4) is 0 Å². The Labute approximate surface area is 84.4 Å². The number of rotatable bonds is 4. The van der Waals surface area contributed by atoms with Crippen molar-refractivity contribution in [3.8, 4) is 0 Å². The second kappa shape index (κ2) is 4.64. The molecule has 0 aromatic heterocycles. The average Bonchev–Trinajstić information content (AvgIpc) is 2.16. The minimum absolute atomic E-state index is 0.600. The third kappa shape index (κ3) is 3.02. The summed E-state index contributed by atoms with van der Waals surface area (Å²) in [7, 11) is 0. The van der Waals surface area contributed by atoms with Crippen LogP contribution in [0.25, 0.3) is 0 Å². The Morgan fingerprint density at radius 3 is 2.46 bits per heavy atom. The fraction of sp³-hybridized carbons (Fsp3) is 0.455. The summed E-state index contributed by atoms with van der Waals surface area (Å²) >= 11 is 5.58. The van der Waals surface area contributed by atoms with Crippen LogP contribution in [0.15, 0.2) is 30.3 Å². The minimum Gasteiger partial charge on any atom is -0.385 e. The van der Waals surface area contributed by atoms with Gasteiger partial charge in [-0.1, -0.05) is 30.3 Å². The third-order valence-electron chi connectivity index (χ3n) is 2.19. The van der Waals surface area contributed by atoms with Gasteiger partial charge in [-0.3, -0.25) is 0 Å². The molecule has 0 amide bonds. The number of hydrogen-bond donors (Lipinski definition) is 1. The Morgan fingerprint density at radius 2 is 1.92 bits per heavy atom. The van der Waals surface area contributed by atoms with E-state index in [1.165, 1.54) is 0 Å². The molecule has 1 aromatic carbocycles. The van der Waals surface area contributed by atoms with Crippen LogP contribution in [0.1, 0.15) is 25.3 Å². The van der Waals surface area contributed by atoms with Gasteiger partial charge in [0.25, 0.3) is 0 Å². The Balaban J connectivity index is 2.69. The van der Waals surface area contributed by atoms with Gasteiger partial charge in [-0.2, -0.15) is 0 Å². The van der Waals surface area contributed by atoms with Crippen LogP contribution in [0, 0.1) is 0 Å². The highest BCUT2D eigenvalue weighted by atomic mass is 35.5. The molecule has 0 heterocycles. The van der Waals surface area contributed by atoms with E-state index in [9.17, 15) is 5.11 Å². The topological polar surface area (TPSA) is 20.2 Å². The summed E-state index contributed by atoms with van der Waals surface area (Å²) in [5.41, 5.74) is 0.219. The number of alkyl halides is 1. The average molecular weight is 199 g/mol. The number of aliphatic hydroxyl groups is 1. The maximum atomic E-state index is 10.1. The molecular weight excluding hydrogens is 184 g/mol. The largest absolute Gasteiger partial charge is 0.385 e. The van der Waals surface area contributed by atoms with Crippen molar-refractivity contribution >= 4 is 11.6 Å². The van der Waals surface area contributed by atoms with Crippen LogP contribution in [0.4, 0.5) is 0 Å². The second-order valence-corrected chi connectivity index (χ2v) is 3.81. The third-order valence-corrected chi connectivity index (χ3v) is 2.46. The van der Waals surface area contributed by atoms with Gasteiger partial charge in [-0.05, 0) is 25.3 Å². The van der Waals surface area contributed by atoms with Gasteiger partial charge < -0.3 is 5.11 Å². The summed E-state index contributed by atoms with van der Waals surface area (Å²) in [6, 6.07) is 9.69. The van der Waals surface area contributed by atoms with Crippen molar-refractivity contribution in [3.63, 3.8) is 0 Å². The highest BCUT2D eigenvalue weighted by molar-refractivity contribution is 6.17. The Bertz CT molecular complexity index is 244. The summed E-state index contributed by atoms with van der Waals surface area (Å²) in [4.78, 5) is 0. The quantitative estimate of drug-likeness (QED) is 0.738. The van der Waals surface area contributed by atoms with E-state index in [0.717, 1.165) is 12.0 Å². The van der Waals surface area contributed by atoms with Crippen molar-refractivity contribution in [2.45, 2.75) is 25.4 Å². The number of benzene rings is 1. The summed E-state index contributed by atoms with van der Waals surface area (Å²) < 4.78 is 0. The van der Waals surface area contributed by atoms with E-state index in [4.69, 9.17) is 11.6 Å². The molecule has 0 fully saturated rings. The Morgan fingerprint density at radius 1 is 1.31 bits per heavy atom. The van der Waals surface area contributed by atoms with E-state index in [1.807, 2.05) is 37.3 Å². The summed E-state index contributed by atoms with van der Waals surface area (Å²) in [5, 5.41) is 10.1. The Kier molecular flexibility index (Phi) is 3.76. The first-order valence-electron chi connectivity index (χ1n) is 4.51. The smallest absolute Gasteiger partial charge is 0.0869 e. The van der Waals surface area contributed by atoms with E-state index in [-0.39, 0.29) is 0 Å². The molecule has 1 unspecified atom stereocenters. The van der Waals surface area contributed by atoms with Gasteiger partial charge in [0, 0.05) is 5.88 Å². The zero-order valence-electron chi connectivity index (χ0n) is 7.83. The van der Waals surface area contributed by atoms with Crippen molar-refractivity contribution in [2.75, 3.05) is 5.88 Å². The fourth-order valence-electron chi connectivity index (χ4n) is 1.35. The number of halogens is 1. The normalized spacial score (nSPS) is 15.3. The van der Waals surface area contributed by atoms with E-state index < -0.39 is 5.60 Å². The molecule has 1 nitrogen and oxygen atoms in total. The van der Waals surface area contributed by atoms with Crippen LogP contribution in [0.5, 0.6) is 0 Å². The van der Waals surface area contributed by atoms with Crippen LogP contribution in [-0.2, 0) is 5.60 Å². The van der Waals surface area contributed by atoms with Gasteiger partial charge in [0.05, 0.1) is 5.60 Å². The van der Waals surface area contributed by atoms with Gasteiger partial charge in [-0.25, -0.2) is 0 Å². The van der Waals surface area contributed by atoms with E-state index in [2.05, 4.69) is 0 Å². The molecule has 0 saturated heterocycles. The van der Waals surface area contributed by atoms with Crippen molar-refractivity contribution < 1.29 is 5.11 Å². The predicted octanol–water partition coefficient (Wildman–Crippen LogP) is 2.91. The molecule has 0 aliphatic carbocycles. The van der Waals surface area contributed by atoms with Crippen LogP contribution in [-0.4, -0.2) is 11.0 Å². The number of hydrogen-bond acceptors (Lipinski definition) is 1. The van der Waals surface area contributed by atoms with E-state index in [0.29, 0.717) is 12.3 Å². The first-order valence-corrected chi connectivity index (χ1v) is 5.04. The molecular formula is C11H15ClO. The molecule has 0 aliphatic rings. The van der Waals surface area contributed by atoms with Crippen LogP contribution < -0.4 is 0 Å². The van der Waals surface area contributed by atoms with Gasteiger partial charge in [0.1, 0.15) is 0 Å². The van der Waals surface area contributed by atoms with Crippen molar-refractivity contribution in [1.29, 1.82) is 0 Å². The monoisotopic (exact) mass is 198 g/mol. The second-order valence-electron chi connectivity index (χ2n) is 3.43. The molecule has 0 spiro atoms. The molecule has 0 bridgehead atoms. The molecule has 2 heteroatoms. The zero-order chi connectivity index (χ0) is 9.73. The molecule has 1 rings (SSSR count). The molecule has 1 atom stereocenters. The standard InChI is InChI=1S/C11H15ClO/c1-11(13,8-5-9-12)10-6-3-2-4-7-10/h2-4,6-7,13H,5,8-9H2,1H3. The lowest BCUT2D eigenvalue weighted by Crippen LogP contribution is -2.20. The fourth-order valence-corrected chi connectivity index (χ4v) is 1.49. The zero-order valence-corrected chi connectivity index (χ0v) is 8.59. The van der Waals surface area contributed by atoms with Gasteiger partial charge in [-0.15, -0.1) is 11.6 Å². The van der Waals surface area contributed by atoms with Crippen LogP contribution in [0.2, 0.25) is 0 Å². The van der Waals surface area contributed by atoms with Crippen LogP contribution >= 0.6 is 11.6 Å². The molecule has 13 heavy (non-hydrogen) atoms. The summed E-state index contributed by atoms with van der Waals surface area (Å²) in [6.07, 6.45) is 1.55. The van der Waals surface area contributed by atoms with E-state index >= 15 is 0 Å². The van der Waals surface area contributed by atoms with Crippen molar-refractivity contribution in [3.05, 3.63) is 35.9 Å². The first kappa shape index (κ1) is 10.6. The van der Waals surface area contributed by atoms with Gasteiger partial charge in [0.15, 0.2) is 0 Å². The molecule has 0 saturated carbocycles. The molecule has 72 valence electrons. The maximum absolute atomic E-state index is 10.1. The lowest BCUT2D eigenvalue weighted by atomic mass is 9.92. The minimum atomic E-state index is -0.740. The Hall–Kier alpha value is -0.530. The molecule has 0 radical (unpaired) electrons. The maximum Gasteiger partial charge on any atom is 0.0869 e. The lowest BCUT2D eigenvalue weighted by Gasteiger charge is -2.23. The van der Waals surface area contributed by atoms with Gasteiger partial charge in [0.2, 0.25) is 0 Å². The first-order chi connectivity index (χ1) is 6.17. The van der Waals surface area contributed by atoms with Crippen molar-refractivity contribution in [1.82, 2.24) is 0 Å². The SMILES string of the molecule is CC(O)(CCCCl)c1ccccc1. The summed E-state index contributed by atoms with van der Waals surface area (Å²) in [5.74, 6) is 0.600. The molecule has 1 aromatic rings. The van der Waals surface area contributed by atoms with Gasteiger partial charge >= 0.3 is 0 Å². The van der Waals surface area contributed by atoms with E-state index in [1.54, 1.807) is 0 Å². The summed E-state index contributed by atoms with van der Waals surface area (Å²) in [6.45, 7) is 1.83. The lowest BCUT2D eigenvalue weighted by molar-refractivity contribution is 0.0472. The van der Waals surface area contributed by atoms with Crippen molar-refractivity contribution in [2.24, 2.45) is 0 Å². The highest BCUT2D eigenvalue weighted by Crippen LogP contribution is 2.25.